The minimum atomic E-state index is -0.535. The minimum absolute atomic E-state index is 0.0972. The number of carbonyl (C=O) groups is 1. The average molecular weight is 201 g/mol. The zero-order chi connectivity index (χ0) is 10.1. The van der Waals surface area contributed by atoms with Crippen LogP contribution >= 0.6 is 11.5 Å². The molecule has 0 aliphatic rings. The van der Waals surface area contributed by atoms with E-state index in [0.29, 0.717) is 0 Å². The summed E-state index contributed by atoms with van der Waals surface area (Å²) in [5, 5.41) is 3.86. The molecule has 0 radical (unpaired) electrons. The highest BCUT2D eigenvalue weighted by Crippen LogP contribution is 2.17. The third kappa shape index (κ3) is 2.66. The summed E-state index contributed by atoms with van der Waals surface area (Å²) >= 11 is 0.975. The van der Waals surface area contributed by atoms with E-state index in [9.17, 15) is 4.79 Å². The molecule has 0 fully saturated rings. The molecule has 1 rings (SSSR count). The van der Waals surface area contributed by atoms with E-state index in [1.165, 1.54) is 0 Å². The van der Waals surface area contributed by atoms with E-state index >= 15 is 0 Å². The first kappa shape index (κ1) is 9.91. The topological polar surface area (TPSA) is 78.1 Å². The first-order chi connectivity index (χ1) is 5.90. The fourth-order valence-corrected chi connectivity index (χ4v) is 1.09. The summed E-state index contributed by atoms with van der Waals surface area (Å²) < 4.78 is 8.59. The van der Waals surface area contributed by atoms with Gasteiger partial charge in [0.25, 0.3) is 0 Å². The van der Waals surface area contributed by atoms with Crippen LogP contribution in [0.1, 0.15) is 31.3 Å². The molecule has 72 valence electrons. The number of carbonyl (C=O) groups excluding carboxylic acids is 1. The number of rotatable bonds is 1. The van der Waals surface area contributed by atoms with Gasteiger partial charge >= 0.3 is 5.97 Å². The molecule has 0 saturated heterocycles. The van der Waals surface area contributed by atoms with Crippen molar-refractivity contribution in [3.8, 4) is 0 Å². The lowest BCUT2D eigenvalue weighted by Gasteiger charge is -2.18. The van der Waals surface area contributed by atoms with Gasteiger partial charge in [-0.25, -0.2) is 4.79 Å². The molecule has 0 saturated carbocycles. The van der Waals surface area contributed by atoms with Gasteiger partial charge in [-0.3, -0.25) is 0 Å². The van der Waals surface area contributed by atoms with Gasteiger partial charge < -0.3 is 10.5 Å². The number of nitrogens with zero attached hydrogens (tertiary/aromatic N) is 2. The lowest BCUT2D eigenvalue weighted by atomic mass is 10.2. The third-order valence-electron chi connectivity index (χ3n) is 1.11. The van der Waals surface area contributed by atoms with Crippen molar-refractivity contribution in [2.75, 3.05) is 5.73 Å². The number of ether oxygens (including phenoxy) is 1. The van der Waals surface area contributed by atoms with E-state index in [2.05, 4.69) is 9.59 Å². The molecule has 6 heteroatoms. The molecule has 0 aromatic carbocycles. The Balaban J connectivity index is 2.76. The Morgan fingerprint density at radius 3 is 2.54 bits per heavy atom. The lowest BCUT2D eigenvalue weighted by molar-refractivity contribution is 0.00641. The zero-order valence-corrected chi connectivity index (χ0v) is 8.51. The predicted molar refractivity (Wildman–Crippen MR) is 49.5 cm³/mol. The highest BCUT2D eigenvalue weighted by molar-refractivity contribution is 7.10. The molecule has 0 bridgehead atoms. The molecule has 0 atom stereocenters. The first-order valence-corrected chi connectivity index (χ1v) is 4.48. The van der Waals surface area contributed by atoms with Gasteiger partial charge in [0.15, 0.2) is 0 Å². The molecular formula is C7H11N3O2S. The Morgan fingerprint density at radius 1 is 1.54 bits per heavy atom. The maximum atomic E-state index is 11.3. The van der Waals surface area contributed by atoms with E-state index in [1.54, 1.807) is 20.8 Å². The molecule has 0 spiro atoms. The number of aromatic nitrogens is 2. The Morgan fingerprint density at radius 2 is 2.15 bits per heavy atom. The molecule has 0 unspecified atom stereocenters. The number of esters is 1. The molecule has 0 aliphatic carbocycles. The summed E-state index contributed by atoms with van der Waals surface area (Å²) in [5.74, 6) is -0.529. The molecule has 0 aliphatic heterocycles. The molecule has 0 amide bonds. The summed E-state index contributed by atoms with van der Waals surface area (Å²) in [6, 6.07) is 0. The second-order valence-electron chi connectivity index (χ2n) is 3.49. The van der Waals surface area contributed by atoms with Crippen LogP contribution in [0.15, 0.2) is 0 Å². The van der Waals surface area contributed by atoms with Gasteiger partial charge in [-0.2, -0.15) is 0 Å². The molecule has 2 N–H and O–H groups in total. The zero-order valence-electron chi connectivity index (χ0n) is 7.70. The summed E-state index contributed by atoms with van der Waals surface area (Å²) in [4.78, 5) is 11.3. The normalized spacial score (nSPS) is 11.3. The number of anilines is 1. The van der Waals surface area contributed by atoms with Crippen LogP contribution in [0.25, 0.3) is 0 Å². The molecule has 13 heavy (non-hydrogen) atoms. The SMILES string of the molecule is CC(C)(C)OC(=O)c1nnsc1N. The van der Waals surface area contributed by atoms with Crippen molar-refractivity contribution >= 4 is 22.5 Å². The Hall–Kier alpha value is -1.17. The number of hydrogen-bond donors (Lipinski definition) is 1. The summed E-state index contributed by atoms with van der Waals surface area (Å²) in [6.07, 6.45) is 0. The van der Waals surface area contributed by atoms with E-state index in [-0.39, 0.29) is 10.7 Å². The maximum absolute atomic E-state index is 11.3. The standard InChI is InChI=1S/C7H11N3O2S/c1-7(2,3)12-6(11)4-5(8)13-10-9-4/h8H2,1-3H3. The second kappa shape index (κ2) is 3.29. The van der Waals surface area contributed by atoms with Crippen LogP contribution in [0.2, 0.25) is 0 Å². The van der Waals surface area contributed by atoms with Crippen LogP contribution in [0.5, 0.6) is 0 Å². The fraction of sp³-hybridized carbons (Fsp3) is 0.571. The predicted octanol–water partition coefficient (Wildman–Crippen LogP) is 1.08. The van der Waals surface area contributed by atoms with Crippen molar-refractivity contribution < 1.29 is 9.53 Å². The van der Waals surface area contributed by atoms with Gasteiger partial charge in [0.2, 0.25) is 5.69 Å². The highest BCUT2D eigenvalue weighted by Gasteiger charge is 2.22. The largest absolute Gasteiger partial charge is 0.455 e. The van der Waals surface area contributed by atoms with Gasteiger partial charge in [0, 0.05) is 11.5 Å². The molecule has 1 aromatic rings. The van der Waals surface area contributed by atoms with E-state index in [4.69, 9.17) is 10.5 Å². The summed E-state index contributed by atoms with van der Waals surface area (Å²) in [6.45, 7) is 5.34. The molecule has 1 aromatic heterocycles. The molecule has 1 heterocycles. The Labute approximate surface area is 80.1 Å². The van der Waals surface area contributed by atoms with Crippen molar-refractivity contribution in [3.63, 3.8) is 0 Å². The van der Waals surface area contributed by atoms with Crippen LogP contribution in [-0.2, 0) is 4.74 Å². The number of nitrogen functional groups attached to an aromatic ring is 1. The lowest BCUT2D eigenvalue weighted by Crippen LogP contribution is -2.24. The van der Waals surface area contributed by atoms with Gasteiger partial charge in [-0.05, 0) is 20.8 Å². The van der Waals surface area contributed by atoms with Gasteiger partial charge in [-0.15, -0.1) is 5.10 Å². The van der Waals surface area contributed by atoms with E-state index in [1.807, 2.05) is 0 Å². The third-order valence-corrected chi connectivity index (χ3v) is 1.66. The van der Waals surface area contributed by atoms with Crippen LogP contribution in [-0.4, -0.2) is 21.2 Å². The number of nitrogens with two attached hydrogens (primary N) is 1. The second-order valence-corrected chi connectivity index (χ2v) is 4.27. The van der Waals surface area contributed by atoms with Crippen LogP contribution in [0, 0.1) is 0 Å². The molecule has 5 nitrogen and oxygen atoms in total. The van der Waals surface area contributed by atoms with Crippen molar-refractivity contribution in [1.29, 1.82) is 0 Å². The first-order valence-electron chi connectivity index (χ1n) is 3.71. The van der Waals surface area contributed by atoms with E-state index in [0.717, 1.165) is 11.5 Å². The van der Waals surface area contributed by atoms with Crippen molar-refractivity contribution in [2.45, 2.75) is 26.4 Å². The van der Waals surface area contributed by atoms with Gasteiger partial charge in [0.1, 0.15) is 10.6 Å². The van der Waals surface area contributed by atoms with Crippen molar-refractivity contribution in [2.24, 2.45) is 0 Å². The Kier molecular flexibility index (Phi) is 2.51. The summed E-state index contributed by atoms with van der Waals surface area (Å²) in [5.41, 5.74) is 5.02. The monoisotopic (exact) mass is 201 g/mol. The highest BCUT2D eigenvalue weighted by atomic mass is 32.1. The maximum Gasteiger partial charge on any atom is 0.362 e. The van der Waals surface area contributed by atoms with Crippen LogP contribution in [0.4, 0.5) is 5.00 Å². The van der Waals surface area contributed by atoms with Gasteiger partial charge in [-0.1, -0.05) is 4.49 Å². The van der Waals surface area contributed by atoms with Gasteiger partial charge in [0.05, 0.1) is 0 Å². The Bertz CT molecular complexity index is 316. The average Bonchev–Trinajstić information content (AvgIpc) is 2.30. The van der Waals surface area contributed by atoms with Crippen LogP contribution in [0.3, 0.4) is 0 Å². The van der Waals surface area contributed by atoms with Crippen LogP contribution < -0.4 is 5.73 Å². The van der Waals surface area contributed by atoms with E-state index < -0.39 is 11.6 Å². The number of hydrogen-bond acceptors (Lipinski definition) is 6. The quantitative estimate of drug-likeness (QED) is 0.688. The van der Waals surface area contributed by atoms with Crippen molar-refractivity contribution in [1.82, 2.24) is 9.59 Å². The summed E-state index contributed by atoms with van der Waals surface area (Å²) in [7, 11) is 0. The minimum Gasteiger partial charge on any atom is -0.455 e. The van der Waals surface area contributed by atoms with Crippen molar-refractivity contribution in [3.05, 3.63) is 5.69 Å². The molecular weight excluding hydrogens is 190 g/mol. The smallest absolute Gasteiger partial charge is 0.362 e. The fourth-order valence-electron chi connectivity index (χ4n) is 0.666.